The maximum atomic E-state index is 12.7. The molecule has 1 aromatic heterocycles. The van der Waals surface area contributed by atoms with Crippen LogP contribution in [0, 0.1) is 5.92 Å². The largest absolute Gasteiger partial charge is 0.458 e. The highest BCUT2D eigenvalue weighted by atomic mass is 32.2. The van der Waals surface area contributed by atoms with Crippen LogP contribution in [-0.2, 0) is 36.2 Å². The minimum atomic E-state index is -1.05. The summed E-state index contributed by atoms with van der Waals surface area (Å²) in [7, 11) is 0.981. The van der Waals surface area contributed by atoms with E-state index >= 15 is 0 Å². The molecule has 9 nitrogen and oxygen atoms in total. The molecule has 31 heavy (non-hydrogen) atoms. The number of fused-ring (bicyclic) bond motifs is 1. The molecule has 5 rings (SSSR count). The van der Waals surface area contributed by atoms with Crippen LogP contribution in [0.5, 0.6) is 0 Å². The van der Waals surface area contributed by atoms with Gasteiger partial charge in [0.1, 0.15) is 11.0 Å². The van der Waals surface area contributed by atoms with Crippen LogP contribution < -0.4 is 9.80 Å². The van der Waals surface area contributed by atoms with Gasteiger partial charge in [-0.25, -0.2) is 4.98 Å². The van der Waals surface area contributed by atoms with Gasteiger partial charge >= 0.3 is 5.97 Å². The molecule has 170 valence electrons. The maximum absolute atomic E-state index is 12.7. The quantitative estimate of drug-likeness (QED) is 0.607. The predicted octanol–water partition coefficient (Wildman–Crippen LogP) is 0.914. The van der Waals surface area contributed by atoms with Gasteiger partial charge in [0.15, 0.2) is 5.82 Å². The van der Waals surface area contributed by atoms with Gasteiger partial charge in [-0.3, -0.25) is 9.00 Å². The van der Waals surface area contributed by atoms with Crippen LogP contribution >= 0.6 is 0 Å². The van der Waals surface area contributed by atoms with Crippen molar-refractivity contribution < 1.29 is 23.2 Å². The lowest BCUT2D eigenvalue weighted by Crippen LogP contribution is -2.54. The second kappa shape index (κ2) is 8.99. The number of hydrogen-bond acceptors (Lipinski definition) is 9. The van der Waals surface area contributed by atoms with E-state index in [1.807, 2.05) is 11.9 Å². The standard InChI is InChI=1S/C21H30N4O5S/c1-24(15-4-9-29-10-5-15)19-18-17(6-11-31(18)27)22-21(23-19)25-12-16(13-25)30-20(26)14-2-7-28-8-3-14/h14-16H,2-13H2,1H3. The molecule has 3 fully saturated rings. The highest BCUT2D eigenvalue weighted by molar-refractivity contribution is 7.85. The number of hydrogen-bond donors (Lipinski definition) is 0. The first-order chi connectivity index (χ1) is 15.1. The number of ether oxygens (including phenoxy) is 3. The summed E-state index contributed by atoms with van der Waals surface area (Å²) in [5.41, 5.74) is 0.889. The lowest BCUT2D eigenvalue weighted by Gasteiger charge is -2.40. The zero-order valence-corrected chi connectivity index (χ0v) is 18.8. The predicted molar refractivity (Wildman–Crippen MR) is 115 cm³/mol. The molecule has 0 radical (unpaired) electrons. The van der Waals surface area contributed by atoms with Crippen LogP contribution in [0.3, 0.4) is 0 Å². The summed E-state index contributed by atoms with van der Waals surface area (Å²) >= 11 is 0. The molecule has 0 amide bonds. The molecule has 0 aromatic carbocycles. The first-order valence-electron chi connectivity index (χ1n) is 11.2. The molecule has 0 N–H and O–H groups in total. The van der Waals surface area contributed by atoms with Crippen molar-refractivity contribution in [3.63, 3.8) is 0 Å². The molecule has 0 saturated carbocycles. The van der Waals surface area contributed by atoms with E-state index in [9.17, 15) is 9.00 Å². The van der Waals surface area contributed by atoms with E-state index in [2.05, 4.69) is 4.90 Å². The summed E-state index contributed by atoms with van der Waals surface area (Å²) in [5, 5.41) is 0. The number of rotatable bonds is 5. The molecule has 0 aliphatic carbocycles. The fraction of sp³-hybridized carbons (Fsp3) is 0.762. The van der Waals surface area contributed by atoms with Gasteiger partial charge in [-0.05, 0) is 25.7 Å². The van der Waals surface area contributed by atoms with Crippen molar-refractivity contribution in [2.75, 3.05) is 62.1 Å². The van der Waals surface area contributed by atoms with Gasteiger partial charge < -0.3 is 24.0 Å². The van der Waals surface area contributed by atoms with Gasteiger partial charge in [-0.1, -0.05) is 0 Å². The Balaban J connectivity index is 1.28. The number of aromatic nitrogens is 2. The van der Waals surface area contributed by atoms with E-state index in [1.54, 1.807) is 0 Å². The highest BCUT2D eigenvalue weighted by Crippen LogP contribution is 2.35. The van der Waals surface area contributed by atoms with Gasteiger partial charge in [0.2, 0.25) is 5.95 Å². The van der Waals surface area contributed by atoms with Gasteiger partial charge in [-0.2, -0.15) is 4.98 Å². The van der Waals surface area contributed by atoms with Crippen LogP contribution in [0.15, 0.2) is 4.90 Å². The van der Waals surface area contributed by atoms with Crippen LogP contribution in [-0.4, -0.2) is 84.6 Å². The maximum Gasteiger partial charge on any atom is 0.309 e. The van der Waals surface area contributed by atoms with Crippen LogP contribution in [0.1, 0.15) is 31.4 Å². The third-order valence-electron chi connectivity index (χ3n) is 6.70. The van der Waals surface area contributed by atoms with Crippen molar-refractivity contribution in [2.24, 2.45) is 5.92 Å². The summed E-state index contributed by atoms with van der Waals surface area (Å²) in [6.07, 6.45) is 3.93. The molecule has 5 heterocycles. The molecule has 1 atom stereocenters. The number of aryl methyl sites for hydroxylation is 1. The average Bonchev–Trinajstić information content (AvgIpc) is 3.16. The smallest absolute Gasteiger partial charge is 0.309 e. The second-order valence-corrected chi connectivity index (χ2v) is 10.2. The van der Waals surface area contributed by atoms with Crippen molar-refractivity contribution in [3.05, 3.63) is 5.69 Å². The van der Waals surface area contributed by atoms with Crippen molar-refractivity contribution >= 4 is 28.5 Å². The van der Waals surface area contributed by atoms with Crippen LogP contribution in [0.25, 0.3) is 0 Å². The third-order valence-corrected chi connectivity index (χ3v) is 8.15. The van der Waals surface area contributed by atoms with E-state index in [0.717, 1.165) is 55.3 Å². The second-order valence-electron chi connectivity index (χ2n) is 8.73. The monoisotopic (exact) mass is 450 g/mol. The van der Waals surface area contributed by atoms with Crippen LogP contribution in [0.4, 0.5) is 11.8 Å². The Morgan fingerprint density at radius 1 is 1.10 bits per heavy atom. The Hall–Kier alpha value is -1.78. The summed E-state index contributed by atoms with van der Waals surface area (Å²) in [4.78, 5) is 27.0. The fourth-order valence-corrected chi connectivity index (χ4v) is 6.05. The van der Waals surface area contributed by atoms with Gasteiger partial charge in [0, 0.05) is 51.7 Å². The van der Waals surface area contributed by atoms with E-state index in [-0.39, 0.29) is 18.0 Å². The SMILES string of the molecule is CN(c1nc(N2CC(OC(=O)C3CCOCC3)C2)nc2c1S(=O)CC2)C1CCOCC1. The van der Waals surface area contributed by atoms with Crippen LogP contribution in [0.2, 0.25) is 0 Å². The fourth-order valence-electron chi connectivity index (χ4n) is 4.66. The zero-order chi connectivity index (χ0) is 21.4. The van der Waals surface area contributed by atoms with Gasteiger partial charge in [0.25, 0.3) is 0 Å². The number of carbonyl (C=O) groups is 1. The Morgan fingerprint density at radius 2 is 1.77 bits per heavy atom. The van der Waals surface area contributed by atoms with Crippen molar-refractivity contribution in [1.82, 2.24) is 9.97 Å². The first kappa shape index (κ1) is 21.1. The molecule has 1 aromatic rings. The van der Waals surface area contributed by atoms with Crippen molar-refractivity contribution in [2.45, 2.75) is 49.1 Å². The van der Waals surface area contributed by atoms with E-state index in [0.29, 0.717) is 50.5 Å². The summed E-state index contributed by atoms with van der Waals surface area (Å²) in [6.45, 7) is 3.93. The van der Waals surface area contributed by atoms with Crippen molar-refractivity contribution in [1.29, 1.82) is 0 Å². The molecule has 10 heteroatoms. The number of anilines is 2. The topological polar surface area (TPSA) is 94.1 Å². The highest BCUT2D eigenvalue weighted by Gasteiger charge is 2.37. The normalized spacial score (nSPS) is 25.2. The number of carbonyl (C=O) groups excluding carboxylic acids is 1. The zero-order valence-electron chi connectivity index (χ0n) is 18.0. The molecule has 0 bridgehead atoms. The Labute approximate surface area is 184 Å². The minimum absolute atomic E-state index is 0.0475. The van der Waals surface area contributed by atoms with Gasteiger partial charge in [-0.15, -0.1) is 0 Å². The molecular weight excluding hydrogens is 420 g/mol. The molecular formula is C21H30N4O5S. The van der Waals surface area contributed by atoms with Gasteiger partial charge in [0.05, 0.1) is 35.5 Å². The minimum Gasteiger partial charge on any atom is -0.458 e. The molecule has 1 unspecified atom stereocenters. The van der Waals surface area contributed by atoms with E-state index in [4.69, 9.17) is 24.2 Å². The first-order valence-corrected chi connectivity index (χ1v) is 12.5. The average molecular weight is 451 g/mol. The molecule has 3 saturated heterocycles. The molecule has 4 aliphatic rings. The Kier molecular flexibility index (Phi) is 6.12. The summed E-state index contributed by atoms with van der Waals surface area (Å²) in [6, 6.07) is 0.322. The third kappa shape index (κ3) is 4.29. The number of nitrogens with zero attached hydrogens (tertiary/aromatic N) is 4. The lowest BCUT2D eigenvalue weighted by molar-refractivity contribution is -0.158. The Morgan fingerprint density at radius 3 is 2.48 bits per heavy atom. The Bertz CT molecular complexity index is 850. The summed E-state index contributed by atoms with van der Waals surface area (Å²) in [5.74, 6) is 1.87. The lowest BCUT2D eigenvalue weighted by atomic mass is 10.0. The summed E-state index contributed by atoms with van der Waals surface area (Å²) < 4.78 is 29.2. The molecule has 0 spiro atoms. The van der Waals surface area contributed by atoms with E-state index < -0.39 is 10.8 Å². The molecule has 4 aliphatic heterocycles. The van der Waals surface area contributed by atoms with Crippen molar-refractivity contribution in [3.8, 4) is 0 Å². The number of esters is 1. The van der Waals surface area contributed by atoms with E-state index in [1.165, 1.54) is 0 Å².